The smallest absolute Gasteiger partial charge is 0.326 e. The van der Waals surface area contributed by atoms with Crippen LogP contribution in [0.2, 0.25) is 0 Å². The number of nitrogens with one attached hydrogen (secondary N) is 1. The molecule has 1 aliphatic heterocycles. The van der Waals surface area contributed by atoms with Gasteiger partial charge in [-0.25, -0.2) is 4.79 Å². The molecule has 2 aliphatic rings. The molecule has 3 rings (SSSR count). The van der Waals surface area contributed by atoms with Gasteiger partial charge in [-0.3, -0.25) is 19.3 Å². The third-order valence-electron chi connectivity index (χ3n) is 5.70. The van der Waals surface area contributed by atoms with Gasteiger partial charge in [0.05, 0.1) is 0 Å². The second-order valence-electron chi connectivity index (χ2n) is 8.03. The Balaban J connectivity index is 1.54. The van der Waals surface area contributed by atoms with Crippen molar-refractivity contribution in [3.8, 4) is 0 Å². The molecule has 29 heavy (non-hydrogen) atoms. The first-order valence-electron chi connectivity index (χ1n) is 10.3. The molecule has 0 bridgehead atoms. The average molecular weight is 400 g/mol. The summed E-state index contributed by atoms with van der Waals surface area (Å²) in [6.45, 7) is 2.76. The normalized spacial score (nSPS) is 21.0. The number of rotatable bonds is 8. The lowest BCUT2D eigenvalue weighted by molar-refractivity contribution is -0.146. The highest BCUT2D eigenvalue weighted by molar-refractivity contribution is 6.08. The van der Waals surface area contributed by atoms with Gasteiger partial charge in [-0.1, -0.05) is 31.9 Å². The maximum absolute atomic E-state index is 12.5. The maximum atomic E-state index is 12.5. The summed E-state index contributed by atoms with van der Waals surface area (Å²) in [4.78, 5) is 50.0. The van der Waals surface area contributed by atoms with E-state index in [1.807, 2.05) is 19.1 Å². The van der Waals surface area contributed by atoms with Crippen LogP contribution in [-0.4, -0.2) is 47.3 Å². The second kappa shape index (κ2) is 8.76. The number of Topliss-reactive ketones (excluding diaryl/α,β-unsaturated/α-hetero) is 1. The molecule has 0 radical (unpaired) electrons. The number of fused-ring (bicyclic) bond motifs is 1. The fourth-order valence-corrected chi connectivity index (χ4v) is 3.90. The number of benzene rings is 1. The molecular formula is C22H28N2O5. The van der Waals surface area contributed by atoms with Gasteiger partial charge in [-0.15, -0.1) is 0 Å². The van der Waals surface area contributed by atoms with Crippen LogP contribution in [0.1, 0.15) is 67.4 Å². The van der Waals surface area contributed by atoms with Gasteiger partial charge in [-0.05, 0) is 56.2 Å². The molecule has 1 aromatic rings. The Morgan fingerprint density at radius 2 is 1.90 bits per heavy atom. The molecule has 0 saturated carbocycles. The van der Waals surface area contributed by atoms with Crippen LogP contribution >= 0.6 is 0 Å². The Hall–Kier alpha value is -2.70. The van der Waals surface area contributed by atoms with Gasteiger partial charge >= 0.3 is 12.0 Å². The van der Waals surface area contributed by atoms with E-state index in [1.165, 1.54) is 11.1 Å². The molecule has 1 aliphatic carbocycles. The van der Waals surface area contributed by atoms with Crippen molar-refractivity contribution < 1.29 is 23.9 Å². The average Bonchev–Trinajstić information content (AvgIpc) is 2.93. The molecular weight excluding hydrogens is 372 g/mol. The van der Waals surface area contributed by atoms with Crippen LogP contribution in [0.4, 0.5) is 4.79 Å². The third-order valence-corrected chi connectivity index (χ3v) is 5.70. The quantitative estimate of drug-likeness (QED) is 0.411. The number of ether oxygens (including phenoxy) is 1. The number of nitrogens with zero attached hydrogens (tertiary/aromatic N) is 1. The van der Waals surface area contributed by atoms with Crippen molar-refractivity contribution in [1.82, 2.24) is 10.2 Å². The van der Waals surface area contributed by atoms with Crippen molar-refractivity contribution >= 4 is 23.7 Å². The van der Waals surface area contributed by atoms with Gasteiger partial charge in [0, 0.05) is 5.56 Å². The first-order valence-corrected chi connectivity index (χ1v) is 10.3. The van der Waals surface area contributed by atoms with Crippen LogP contribution in [0.15, 0.2) is 18.2 Å². The number of aryl methyl sites for hydroxylation is 2. The minimum atomic E-state index is -0.994. The minimum Gasteiger partial charge on any atom is -0.456 e. The zero-order valence-corrected chi connectivity index (χ0v) is 17.1. The van der Waals surface area contributed by atoms with Gasteiger partial charge in [0.25, 0.3) is 5.91 Å². The predicted molar refractivity (Wildman–Crippen MR) is 107 cm³/mol. The third kappa shape index (κ3) is 4.66. The number of hydrogen-bond donors (Lipinski definition) is 1. The number of esters is 1. The highest BCUT2D eigenvalue weighted by atomic mass is 16.5. The lowest BCUT2D eigenvalue weighted by atomic mass is 9.90. The van der Waals surface area contributed by atoms with E-state index in [4.69, 9.17) is 4.74 Å². The van der Waals surface area contributed by atoms with Gasteiger partial charge in [0.15, 0.2) is 12.4 Å². The Bertz CT molecular complexity index is 834. The van der Waals surface area contributed by atoms with Crippen LogP contribution in [-0.2, 0) is 27.2 Å². The molecule has 156 valence electrons. The summed E-state index contributed by atoms with van der Waals surface area (Å²) in [6.07, 6.45) is 6.46. The fourth-order valence-electron chi connectivity index (χ4n) is 3.90. The number of hydrogen-bond acceptors (Lipinski definition) is 5. The van der Waals surface area contributed by atoms with Gasteiger partial charge in [-0.2, -0.15) is 0 Å². The van der Waals surface area contributed by atoms with E-state index >= 15 is 0 Å². The molecule has 0 spiro atoms. The largest absolute Gasteiger partial charge is 0.456 e. The maximum Gasteiger partial charge on any atom is 0.326 e. The molecule has 0 unspecified atom stereocenters. The zero-order chi connectivity index (χ0) is 21.0. The van der Waals surface area contributed by atoms with E-state index in [0.29, 0.717) is 12.0 Å². The second-order valence-corrected chi connectivity index (χ2v) is 8.03. The zero-order valence-electron chi connectivity index (χ0n) is 17.1. The lowest BCUT2D eigenvalue weighted by Crippen LogP contribution is -2.44. The number of imide groups is 1. The minimum absolute atomic E-state index is 0.295. The number of unbranched alkanes of at least 4 members (excludes halogenated alkanes) is 1. The highest BCUT2D eigenvalue weighted by Gasteiger charge is 2.47. The van der Waals surface area contributed by atoms with E-state index in [2.05, 4.69) is 5.32 Å². The van der Waals surface area contributed by atoms with Crippen LogP contribution in [0, 0.1) is 0 Å². The molecule has 0 aromatic heterocycles. The Morgan fingerprint density at radius 3 is 2.62 bits per heavy atom. The molecule has 1 atom stereocenters. The van der Waals surface area contributed by atoms with E-state index in [0.717, 1.165) is 43.4 Å². The number of amides is 3. The summed E-state index contributed by atoms with van der Waals surface area (Å²) in [5, 5.41) is 2.65. The fraction of sp³-hybridized carbons (Fsp3) is 0.545. The van der Waals surface area contributed by atoms with Crippen molar-refractivity contribution in [2.24, 2.45) is 0 Å². The molecule has 7 nitrogen and oxygen atoms in total. The van der Waals surface area contributed by atoms with Gasteiger partial charge < -0.3 is 10.1 Å². The number of carbonyl (C=O) groups is 4. The van der Waals surface area contributed by atoms with Crippen molar-refractivity contribution in [2.45, 2.75) is 64.3 Å². The Kier molecular flexibility index (Phi) is 6.35. The Morgan fingerprint density at radius 1 is 1.17 bits per heavy atom. The van der Waals surface area contributed by atoms with E-state index in [-0.39, 0.29) is 5.78 Å². The number of urea groups is 1. The summed E-state index contributed by atoms with van der Waals surface area (Å²) in [5.41, 5.74) is 1.97. The van der Waals surface area contributed by atoms with Crippen molar-refractivity contribution in [3.05, 3.63) is 34.9 Å². The number of ketones is 1. The van der Waals surface area contributed by atoms with Gasteiger partial charge in [0.1, 0.15) is 12.1 Å². The van der Waals surface area contributed by atoms with Crippen LogP contribution < -0.4 is 5.32 Å². The van der Waals surface area contributed by atoms with Crippen molar-refractivity contribution in [1.29, 1.82) is 0 Å². The molecule has 7 heteroatoms. The summed E-state index contributed by atoms with van der Waals surface area (Å²) in [5.74, 6) is -1.51. The summed E-state index contributed by atoms with van der Waals surface area (Å²) in [6, 6.07) is 5.00. The van der Waals surface area contributed by atoms with E-state index < -0.39 is 36.6 Å². The molecule has 3 amide bonds. The molecule has 1 aromatic carbocycles. The van der Waals surface area contributed by atoms with Crippen LogP contribution in [0.25, 0.3) is 0 Å². The molecule has 1 heterocycles. The molecule has 1 fully saturated rings. The monoisotopic (exact) mass is 400 g/mol. The van der Waals surface area contributed by atoms with Crippen LogP contribution in [0.5, 0.6) is 0 Å². The van der Waals surface area contributed by atoms with Crippen molar-refractivity contribution in [3.63, 3.8) is 0 Å². The molecule has 1 N–H and O–H groups in total. The number of carbonyl (C=O) groups excluding carboxylic acids is 4. The first-order chi connectivity index (χ1) is 13.8. The SMILES string of the molecule is CCCC[C@]1(C)NC(=O)N(CC(=O)OCC(=O)c2ccc3c(c2)CCCC3)C1=O. The first kappa shape index (κ1) is 21.0. The predicted octanol–water partition coefficient (Wildman–Crippen LogP) is 2.79. The van der Waals surface area contributed by atoms with Crippen LogP contribution in [0.3, 0.4) is 0 Å². The van der Waals surface area contributed by atoms with E-state index in [9.17, 15) is 19.2 Å². The summed E-state index contributed by atoms with van der Waals surface area (Å²) in [7, 11) is 0. The topological polar surface area (TPSA) is 92.8 Å². The van der Waals surface area contributed by atoms with E-state index in [1.54, 1.807) is 13.0 Å². The summed E-state index contributed by atoms with van der Waals surface area (Å²) >= 11 is 0. The van der Waals surface area contributed by atoms with Gasteiger partial charge in [0.2, 0.25) is 0 Å². The lowest BCUT2D eigenvalue weighted by Gasteiger charge is -2.21. The standard InChI is InChI=1S/C22H28N2O5/c1-3-4-11-22(2)20(27)24(21(28)23-22)13-19(26)29-14-18(25)17-10-9-15-7-5-6-8-16(15)12-17/h9-10,12H,3-8,11,13-14H2,1-2H3,(H,23,28)/t22-/m0/s1. The Labute approximate surface area is 170 Å². The molecule has 1 saturated heterocycles. The van der Waals surface area contributed by atoms with Crippen molar-refractivity contribution in [2.75, 3.05) is 13.2 Å². The highest BCUT2D eigenvalue weighted by Crippen LogP contribution is 2.24. The summed E-state index contributed by atoms with van der Waals surface area (Å²) < 4.78 is 5.05.